The van der Waals surface area contributed by atoms with Crippen LogP contribution in [0.15, 0.2) is 18.3 Å². The molecule has 0 unspecified atom stereocenters. The van der Waals surface area contributed by atoms with E-state index < -0.39 is 0 Å². The number of rotatable bonds is 6. The van der Waals surface area contributed by atoms with Gasteiger partial charge >= 0.3 is 0 Å². The lowest BCUT2D eigenvalue weighted by molar-refractivity contribution is -0.120. The fourth-order valence-corrected chi connectivity index (χ4v) is 1.75. The number of aromatic nitrogens is 1. The van der Waals surface area contributed by atoms with Crippen molar-refractivity contribution in [1.82, 2.24) is 10.3 Å². The molecule has 18 heavy (non-hydrogen) atoms. The fraction of sp³-hybridized carbons (Fsp3) is 0.417. The second-order valence-corrected chi connectivity index (χ2v) is 4.72. The zero-order chi connectivity index (χ0) is 13.0. The minimum absolute atomic E-state index is 0.0748. The van der Waals surface area contributed by atoms with E-state index in [0.29, 0.717) is 24.7 Å². The van der Waals surface area contributed by atoms with Gasteiger partial charge in [-0.3, -0.25) is 9.78 Å². The Labute approximate surface area is 111 Å². The largest absolute Gasteiger partial charge is 0.388 e. The highest BCUT2D eigenvalue weighted by atomic mass is 32.1. The molecule has 0 aromatic carbocycles. The van der Waals surface area contributed by atoms with Gasteiger partial charge in [-0.2, -0.15) is 0 Å². The molecule has 0 spiro atoms. The average Bonchev–Trinajstić information content (AvgIpc) is 3.13. The van der Waals surface area contributed by atoms with Crippen LogP contribution in [-0.4, -0.2) is 28.5 Å². The van der Waals surface area contributed by atoms with Crippen molar-refractivity contribution < 1.29 is 4.79 Å². The number of hydrogen-bond donors (Lipinski definition) is 3. The molecule has 1 aromatic rings. The van der Waals surface area contributed by atoms with Crippen LogP contribution in [0.25, 0.3) is 0 Å². The molecule has 6 heteroatoms. The van der Waals surface area contributed by atoms with E-state index in [2.05, 4.69) is 15.6 Å². The van der Waals surface area contributed by atoms with Crippen LogP contribution in [0.3, 0.4) is 0 Å². The number of carbonyl (C=O) groups excluding carboxylic acids is 1. The first-order chi connectivity index (χ1) is 8.66. The smallest absolute Gasteiger partial charge is 0.221 e. The Morgan fingerprint density at radius 1 is 1.56 bits per heavy atom. The molecule has 2 rings (SSSR count). The summed E-state index contributed by atoms with van der Waals surface area (Å²) < 4.78 is 0. The zero-order valence-electron chi connectivity index (χ0n) is 9.98. The van der Waals surface area contributed by atoms with Crippen molar-refractivity contribution in [3.63, 3.8) is 0 Å². The molecule has 1 heterocycles. The third-order valence-corrected chi connectivity index (χ3v) is 2.84. The van der Waals surface area contributed by atoms with Gasteiger partial charge in [-0.15, -0.1) is 0 Å². The Hall–Kier alpha value is -1.69. The number of amides is 1. The van der Waals surface area contributed by atoms with Gasteiger partial charge in [-0.05, 0) is 25.0 Å². The van der Waals surface area contributed by atoms with E-state index in [1.54, 1.807) is 12.3 Å². The van der Waals surface area contributed by atoms with E-state index in [9.17, 15) is 4.79 Å². The van der Waals surface area contributed by atoms with Crippen molar-refractivity contribution >= 4 is 28.8 Å². The van der Waals surface area contributed by atoms with E-state index >= 15 is 0 Å². The quantitative estimate of drug-likeness (QED) is 0.662. The molecule has 0 radical (unpaired) electrons. The lowest BCUT2D eigenvalue weighted by Crippen LogP contribution is -2.27. The summed E-state index contributed by atoms with van der Waals surface area (Å²) in [6.07, 6.45) is 4.28. The molecule has 1 aliphatic carbocycles. The molecule has 0 aliphatic heterocycles. The first kappa shape index (κ1) is 12.8. The average molecular weight is 264 g/mol. The highest BCUT2D eigenvalue weighted by Gasteiger charge is 2.22. The maximum atomic E-state index is 11.5. The van der Waals surface area contributed by atoms with Crippen molar-refractivity contribution in [3.8, 4) is 0 Å². The van der Waals surface area contributed by atoms with Crippen LogP contribution >= 0.6 is 12.2 Å². The minimum atomic E-state index is 0.0748. The highest BCUT2D eigenvalue weighted by molar-refractivity contribution is 7.80. The lowest BCUT2D eigenvalue weighted by atomic mass is 10.2. The summed E-state index contributed by atoms with van der Waals surface area (Å²) in [6.45, 7) is 0.542. The summed E-state index contributed by atoms with van der Waals surface area (Å²) in [7, 11) is 0. The van der Waals surface area contributed by atoms with Gasteiger partial charge in [0.1, 0.15) is 10.7 Å². The first-order valence-electron chi connectivity index (χ1n) is 5.95. The highest BCUT2D eigenvalue weighted by Crippen LogP contribution is 2.18. The van der Waals surface area contributed by atoms with Gasteiger partial charge in [0.2, 0.25) is 5.91 Å². The van der Waals surface area contributed by atoms with Gasteiger partial charge in [0.25, 0.3) is 0 Å². The van der Waals surface area contributed by atoms with Crippen LogP contribution in [0.5, 0.6) is 0 Å². The summed E-state index contributed by atoms with van der Waals surface area (Å²) >= 11 is 4.91. The molecule has 1 amide bonds. The van der Waals surface area contributed by atoms with E-state index in [4.69, 9.17) is 18.0 Å². The van der Waals surface area contributed by atoms with E-state index in [1.165, 1.54) is 0 Å². The van der Waals surface area contributed by atoms with E-state index in [0.717, 1.165) is 18.5 Å². The van der Waals surface area contributed by atoms with Crippen molar-refractivity contribution in [3.05, 3.63) is 24.0 Å². The Morgan fingerprint density at radius 3 is 3.00 bits per heavy atom. The van der Waals surface area contributed by atoms with Crippen molar-refractivity contribution in [1.29, 1.82) is 0 Å². The summed E-state index contributed by atoms with van der Waals surface area (Å²) in [6, 6.07) is 4.05. The third-order valence-electron chi connectivity index (χ3n) is 2.65. The molecular weight excluding hydrogens is 248 g/mol. The molecular formula is C12H16N4OS. The van der Waals surface area contributed by atoms with Crippen LogP contribution in [-0.2, 0) is 4.79 Å². The number of thiocarbonyl (C=S) groups is 1. The second kappa shape index (κ2) is 5.77. The van der Waals surface area contributed by atoms with Crippen LogP contribution in [0, 0.1) is 0 Å². The molecule has 4 N–H and O–H groups in total. The van der Waals surface area contributed by atoms with Crippen molar-refractivity contribution in [2.45, 2.75) is 25.3 Å². The molecule has 1 aromatic heterocycles. The Bertz CT molecular complexity index is 459. The monoisotopic (exact) mass is 264 g/mol. The Kier molecular flexibility index (Phi) is 4.09. The molecule has 0 saturated heterocycles. The second-order valence-electron chi connectivity index (χ2n) is 4.28. The van der Waals surface area contributed by atoms with Crippen LogP contribution in [0.4, 0.5) is 5.69 Å². The summed E-state index contributed by atoms with van der Waals surface area (Å²) in [5.74, 6) is 0.0748. The lowest BCUT2D eigenvalue weighted by Gasteiger charge is -2.09. The fourth-order valence-electron chi connectivity index (χ4n) is 1.58. The van der Waals surface area contributed by atoms with E-state index in [-0.39, 0.29) is 10.9 Å². The van der Waals surface area contributed by atoms with Crippen molar-refractivity contribution in [2.75, 3.05) is 11.9 Å². The number of hydrogen-bond acceptors (Lipinski definition) is 4. The van der Waals surface area contributed by atoms with Gasteiger partial charge in [0.15, 0.2) is 0 Å². The predicted molar refractivity (Wildman–Crippen MR) is 74.4 cm³/mol. The topological polar surface area (TPSA) is 80.0 Å². The normalized spacial score (nSPS) is 14.0. The zero-order valence-corrected chi connectivity index (χ0v) is 10.8. The molecule has 1 aliphatic rings. The molecule has 1 saturated carbocycles. The number of carbonyl (C=O) groups is 1. The number of nitrogens with two attached hydrogens (primary N) is 1. The Balaban J connectivity index is 1.82. The predicted octanol–water partition coefficient (Wildman–Crippen LogP) is 0.796. The molecule has 5 nitrogen and oxygen atoms in total. The molecule has 0 bridgehead atoms. The number of nitrogens with one attached hydrogen (secondary N) is 2. The maximum absolute atomic E-state index is 11.5. The minimum Gasteiger partial charge on any atom is -0.388 e. The van der Waals surface area contributed by atoms with Gasteiger partial charge in [-0.25, -0.2) is 0 Å². The van der Waals surface area contributed by atoms with Crippen molar-refractivity contribution in [2.24, 2.45) is 5.73 Å². The van der Waals surface area contributed by atoms with Gasteiger partial charge in [-0.1, -0.05) is 12.2 Å². The Morgan fingerprint density at radius 2 is 2.33 bits per heavy atom. The van der Waals surface area contributed by atoms with Gasteiger partial charge in [0.05, 0.1) is 5.69 Å². The van der Waals surface area contributed by atoms with Crippen LogP contribution in [0.2, 0.25) is 0 Å². The maximum Gasteiger partial charge on any atom is 0.221 e. The van der Waals surface area contributed by atoms with Gasteiger partial charge < -0.3 is 16.4 Å². The summed E-state index contributed by atoms with van der Waals surface area (Å²) in [4.78, 5) is 15.8. The first-order valence-corrected chi connectivity index (χ1v) is 6.35. The number of nitrogens with zero attached hydrogens (tertiary/aromatic N) is 1. The third kappa shape index (κ3) is 3.66. The van der Waals surface area contributed by atoms with E-state index in [1.807, 2.05) is 6.07 Å². The van der Waals surface area contributed by atoms with Gasteiger partial charge in [0, 0.05) is 25.2 Å². The SMILES string of the molecule is NC(=S)c1ncccc1NCCC(=O)NC1CC1. The molecule has 0 atom stereocenters. The van der Waals surface area contributed by atoms with Crippen LogP contribution in [0.1, 0.15) is 25.0 Å². The number of anilines is 1. The molecule has 96 valence electrons. The van der Waals surface area contributed by atoms with Crippen LogP contribution < -0.4 is 16.4 Å². The molecule has 1 fully saturated rings. The summed E-state index contributed by atoms with van der Waals surface area (Å²) in [5, 5.41) is 6.06. The number of pyridine rings is 1. The summed E-state index contributed by atoms with van der Waals surface area (Å²) in [5.41, 5.74) is 6.90. The standard InChI is InChI=1S/C12H16N4OS/c13-12(18)11-9(2-1-6-15-11)14-7-5-10(17)16-8-3-4-8/h1-2,6,8,14H,3-5,7H2,(H2,13,18)(H,16,17).